The van der Waals surface area contributed by atoms with E-state index in [2.05, 4.69) is 10.3 Å². The van der Waals surface area contributed by atoms with Crippen LogP contribution in [-0.4, -0.2) is 15.5 Å². The van der Waals surface area contributed by atoms with Gasteiger partial charge in [0.15, 0.2) is 0 Å². The molecular weight excluding hydrogens is 302 g/mol. The van der Waals surface area contributed by atoms with Gasteiger partial charge in [-0.05, 0) is 49.6 Å². The number of aryl methyl sites for hydroxylation is 2. The first-order chi connectivity index (χ1) is 11.5. The first kappa shape index (κ1) is 15.9. The van der Waals surface area contributed by atoms with Crippen LogP contribution in [0, 0.1) is 20.8 Å². The summed E-state index contributed by atoms with van der Waals surface area (Å²) >= 11 is 0. The van der Waals surface area contributed by atoms with Crippen molar-refractivity contribution in [1.82, 2.24) is 9.55 Å². The molecular formula is C19H19N3O2. The molecule has 0 spiro atoms. The summed E-state index contributed by atoms with van der Waals surface area (Å²) in [6, 6.07) is 11.2. The van der Waals surface area contributed by atoms with Crippen molar-refractivity contribution in [2.24, 2.45) is 0 Å². The SMILES string of the molecule is Cc1cccc(NC(=O)Cn2cnc3c(C)cccc3c2=O)c1C. The minimum atomic E-state index is -0.250. The molecule has 1 N–H and O–H groups in total. The Labute approximate surface area is 140 Å². The second-order valence-electron chi connectivity index (χ2n) is 5.94. The lowest BCUT2D eigenvalue weighted by Gasteiger charge is -2.11. The number of carbonyl (C=O) groups is 1. The average molecular weight is 321 g/mol. The lowest BCUT2D eigenvalue weighted by atomic mass is 10.1. The maximum Gasteiger partial charge on any atom is 0.261 e. The smallest absolute Gasteiger partial charge is 0.261 e. The molecule has 0 saturated carbocycles. The van der Waals surface area contributed by atoms with Crippen LogP contribution in [0.1, 0.15) is 16.7 Å². The zero-order valence-corrected chi connectivity index (χ0v) is 14.0. The van der Waals surface area contributed by atoms with Crippen molar-refractivity contribution in [1.29, 1.82) is 0 Å². The summed E-state index contributed by atoms with van der Waals surface area (Å²) in [4.78, 5) is 29.2. The van der Waals surface area contributed by atoms with Crippen molar-refractivity contribution in [2.75, 3.05) is 5.32 Å². The Kier molecular flexibility index (Phi) is 4.16. The van der Waals surface area contributed by atoms with Crippen LogP contribution in [0.15, 0.2) is 47.5 Å². The summed E-state index contributed by atoms with van der Waals surface area (Å²) in [5.74, 6) is -0.250. The standard InChI is InChI=1S/C19H19N3O2/c1-12-6-5-9-16(14(12)3)21-17(23)10-22-11-20-18-13(2)7-4-8-15(18)19(22)24/h4-9,11H,10H2,1-3H3,(H,21,23). The lowest BCUT2D eigenvalue weighted by Crippen LogP contribution is -2.28. The molecule has 24 heavy (non-hydrogen) atoms. The molecule has 1 amide bonds. The van der Waals surface area contributed by atoms with Crippen molar-refractivity contribution < 1.29 is 4.79 Å². The molecule has 5 nitrogen and oxygen atoms in total. The molecule has 2 aromatic carbocycles. The second kappa shape index (κ2) is 6.28. The largest absolute Gasteiger partial charge is 0.324 e. The number of rotatable bonds is 3. The minimum Gasteiger partial charge on any atom is -0.324 e. The monoisotopic (exact) mass is 321 g/mol. The molecule has 1 heterocycles. The van der Waals surface area contributed by atoms with E-state index in [9.17, 15) is 9.59 Å². The number of carbonyl (C=O) groups excluding carboxylic acids is 1. The average Bonchev–Trinajstić information content (AvgIpc) is 2.55. The zero-order chi connectivity index (χ0) is 17.3. The van der Waals surface area contributed by atoms with E-state index in [4.69, 9.17) is 0 Å². The van der Waals surface area contributed by atoms with Gasteiger partial charge in [0, 0.05) is 5.69 Å². The van der Waals surface area contributed by atoms with Crippen molar-refractivity contribution >= 4 is 22.5 Å². The first-order valence-electron chi connectivity index (χ1n) is 7.78. The molecule has 0 fully saturated rings. The highest BCUT2D eigenvalue weighted by Gasteiger charge is 2.10. The number of aromatic nitrogens is 2. The molecule has 0 aliphatic heterocycles. The van der Waals surface area contributed by atoms with Crippen LogP contribution in [0.4, 0.5) is 5.69 Å². The fraction of sp³-hybridized carbons (Fsp3) is 0.211. The molecule has 3 aromatic rings. The second-order valence-corrected chi connectivity index (χ2v) is 5.94. The number of benzene rings is 2. The number of amides is 1. The minimum absolute atomic E-state index is 0.0664. The van der Waals surface area contributed by atoms with Gasteiger partial charge in [-0.25, -0.2) is 4.98 Å². The molecule has 0 aliphatic rings. The van der Waals surface area contributed by atoms with Gasteiger partial charge in [-0.1, -0.05) is 24.3 Å². The van der Waals surface area contributed by atoms with E-state index in [0.717, 1.165) is 22.4 Å². The topological polar surface area (TPSA) is 64.0 Å². The Morgan fingerprint density at radius 2 is 1.79 bits per heavy atom. The molecule has 0 radical (unpaired) electrons. The normalized spacial score (nSPS) is 10.8. The van der Waals surface area contributed by atoms with Crippen LogP contribution in [-0.2, 0) is 11.3 Å². The van der Waals surface area contributed by atoms with E-state index >= 15 is 0 Å². The van der Waals surface area contributed by atoms with E-state index in [0.29, 0.717) is 10.9 Å². The maximum absolute atomic E-state index is 12.5. The summed E-state index contributed by atoms with van der Waals surface area (Å²) in [6.07, 6.45) is 1.43. The van der Waals surface area contributed by atoms with Crippen molar-refractivity contribution in [3.05, 3.63) is 69.8 Å². The van der Waals surface area contributed by atoms with Crippen molar-refractivity contribution in [3.8, 4) is 0 Å². The quantitative estimate of drug-likeness (QED) is 0.806. The third-order valence-electron chi connectivity index (χ3n) is 4.25. The van der Waals surface area contributed by atoms with Crippen LogP contribution in [0.3, 0.4) is 0 Å². The molecule has 5 heteroatoms. The number of nitrogens with zero attached hydrogens (tertiary/aromatic N) is 2. The highest BCUT2D eigenvalue weighted by molar-refractivity contribution is 5.91. The Bertz CT molecular complexity index is 990. The molecule has 122 valence electrons. The number of nitrogens with one attached hydrogen (secondary N) is 1. The Morgan fingerprint density at radius 3 is 2.58 bits per heavy atom. The van der Waals surface area contributed by atoms with Crippen LogP contribution in [0.25, 0.3) is 10.9 Å². The highest BCUT2D eigenvalue weighted by Crippen LogP contribution is 2.18. The van der Waals surface area contributed by atoms with Gasteiger partial charge in [-0.15, -0.1) is 0 Å². The summed E-state index contributed by atoms with van der Waals surface area (Å²) in [7, 11) is 0. The van der Waals surface area contributed by atoms with Crippen LogP contribution < -0.4 is 10.9 Å². The first-order valence-corrected chi connectivity index (χ1v) is 7.78. The Hall–Kier alpha value is -2.95. The van der Waals surface area contributed by atoms with E-state index in [1.54, 1.807) is 6.07 Å². The molecule has 0 aliphatic carbocycles. The third-order valence-corrected chi connectivity index (χ3v) is 4.25. The van der Waals surface area contributed by atoms with E-state index < -0.39 is 0 Å². The highest BCUT2D eigenvalue weighted by atomic mass is 16.2. The molecule has 0 bridgehead atoms. The number of hydrogen-bond donors (Lipinski definition) is 1. The number of para-hydroxylation sites is 1. The summed E-state index contributed by atoms with van der Waals surface area (Å²) < 4.78 is 1.34. The fourth-order valence-corrected chi connectivity index (χ4v) is 2.68. The number of anilines is 1. The van der Waals surface area contributed by atoms with Gasteiger partial charge in [0.1, 0.15) is 6.54 Å². The van der Waals surface area contributed by atoms with E-state index in [-0.39, 0.29) is 18.0 Å². The summed E-state index contributed by atoms with van der Waals surface area (Å²) in [6.45, 7) is 5.79. The van der Waals surface area contributed by atoms with Gasteiger partial charge >= 0.3 is 0 Å². The van der Waals surface area contributed by atoms with Gasteiger partial charge < -0.3 is 5.32 Å². The van der Waals surface area contributed by atoms with Gasteiger partial charge in [-0.3, -0.25) is 14.2 Å². The Morgan fingerprint density at radius 1 is 1.08 bits per heavy atom. The third kappa shape index (κ3) is 2.93. The van der Waals surface area contributed by atoms with Crippen molar-refractivity contribution in [2.45, 2.75) is 27.3 Å². The van der Waals surface area contributed by atoms with Crippen molar-refractivity contribution in [3.63, 3.8) is 0 Å². The van der Waals surface area contributed by atoms with Crippen LogP contribution >= 0.6 is 0 Å². The molecule has 3 rings (SSSR count). The van der Waals surface area contributed by atoms with Gasteiger partial charge in [0.25, 0.3) is 5.56 Å². The maximum atomic E-state index is 12.5. The lowest BCUT2D eigenvalue weighted by molar-refractivity contribution is -0.116. The predicted molar refractivity (Wildman–Crippen MR) is 95.3 cm³/mol. The fourth-order valence-electron chi connectivity index (χ4n) is 2.68. The van der Waals surface area contributed by atoms with Crippen LogP contribution in [0.2, 0.25) is 0 Å². The van der Waals surface area contributed by atoms with Gasteiger partial charge in [0.2, 0.25) is 5.91 Å². The molecule has 0 unspecified atom stereocenters. The molecule has 1 aromatic heterocycles. The van der Waals surface area contributed by atoms with Gasteiger partial charge in [0.05, 0.1) is 17.2 Å². The molecule has 0 saturated heterocycles. The van der Waals surface area contributed by atoms with Crippen LogP contribution in [0.5, 0.6) is 0 Å². The predicted octanol–water partition coefficient (Wildman–Crippen LogP) is 2.96. The number of hydrogen-bond acceptors (Lipinski definition) is 3. The molecule has 0 atom stereocenters. The van der Waals surface area contributed by atoms with E-state index in [1.807, 2.05) is 51.1 Å². The zero-order valence-electron chi connectivity index (χ0n) is 14.0. The Balaban J connectivity index is 1.87. The summed E-state index contributed by atoms with van der Waals surface area (Å²) in [5.41, 5.74) is 4.29. The van der Waals surface area contributed by atoms with Gasteiger partial charge in [-0.2, -0.15) is 0 Å². The number of fused-ring (bicyclic) bond motifs is 1. The summed E-state index contributed by atoms with van der Waals surface area (Å²) in [5, 5.41) is 3.38. The van der Waals surface area contributed by atoms with E-state index in [1.165, 1.54) is 10.9 Å².